The van der Waals surface area contributed by atoms with E-state index in [0.29, 0.717) is 9.35 Å². The van der Waals surface area contributed by atoms with Crippen molar-refractivity contribution in [3.05, 3.63) is 87.2 Å². The molecule has 8 heteroatoms. The molecule has 0 bridgehead atoms. The van der Waals surface area contributed by atoms with Crippen molar-refractivity contribution in [1.82, 2.24) is 10.0 Å². The number of benzene rings is 2. The molecule has 3 aromatic rings. The normalized spacial score (nSPS) is 17.2. The third-order valence-corrected chi connectivity index (χ3v) is 8.71. The van der Waals surface area contributed by atoms with Crippen LogP contribution < -0.4 is 10.0 Å². The van der Waals surface area contributed by atoms with E-state index in [1.165, 1.54) is 11.6 Å². The number of thiophene rings is 1. The molecular formula is C22H21BrN2O3S2. The fraction of sp³-hybridized carbons (Fsp3) is 0.227. The molecule has 0 fully saturated rings. The smallest absolute Gasteiger partial charge is 0.251 e. The summed E-state index contributed by atoms with van der Waals surface area (Å²) in [6.07, 6.45) is 2.80. The maximum Gasteiger partial charge on any atom is 0.251 e. The van der Waals surface area contributed by atoms with Crippen molar-refractivity contribution in [2.24, 2.45) is 0 Å². The molecule has 0 radical (unpaired) electrons. The lowest BCUT2D eigenvalue weighted by atomic mass is 9.87. The number of carbonyl (C=O) groups is 1. The maximum absolute atomic E-state index is 13.3. The van der Waals surface area contributed by atoms with Crippen LogP contribution in [0.2, 0.25) is 0 Å². The Kier molecular flexibility index (Phi) is 6.38. The second kappa shape index (κ2) is 9.01. The van der Waals surface area contributed by atoms with E-state index in [1.54, 1.807) is 30.3 Å². The molecule has 2 N–H and O–H groups in total. The van der Waals surface area contributed by atoms with Gasteiger partial charge >= 0.3 is 0 Å². The second-order valence-corrected chi connectivity index (χ2v) is 11.6. The number of carbonyl (C=O) groups excluding carboxylic acids is 1. The number of hydrogen-bond acceptors (Lipinski definition) is 4. The van der Waals surface area contributed by atoms with Gasteiger partial charge in [0.05, 0.1) is 9.83 Å². The molecule has 1 amide bonds. The molecule has 1 aliphatic rings. The minimum absolute atomic E-state index is 0.131. The van der Waals surface area contributed by atoms with Crippen LogP contribution >= 0.6 is 27.3 Å². The first-order valence-corrected chi connectivity index (χ1v) is 12.7. The Morgan fingerprint density at radius 3 is 2.50 bits per heavy atom. The van der Waals surface area contributed by atoms with E-state index in [0.717, 1.165) is 36.2 Å². The van der Waals surface area contributed by atoms with Gasteiger partial charge in [-0.15, -0.1) is 11.3 Å². The fourth-order valence-electron chi connectivity index (χ4n) is 3.73. The number of rotatable bonds is 6. The molecule has 0 saturated heterocycles. The van der Waals surface area contributed by atoms with Crippen LogP contribution in [0.15, 0.2) is 74.7 Å². The SMILES string of the molecule is O=C(N[C@@H]1CCCc2ccccc21)[C@H](NS(=O)(=O)c1ccc(Br)s1)c1ccccc1. The lowest BCUT2D eigenvalue weighted by Crippen LogP contribution is -2.42. The van der Waals surface area contributed by atoms with Crippen molar-refractivity contribution in [3.8, 4) is 0 Å². The van der Waals surface area contributed by atoms with Gasteiger partial charge in [-0.05, 0) is 64.0 Å². The van der Waals surface area contributed by atoms with Gasteiger partial charge in [0.1, 0.15) is 10.3 Å². The van der Waals surface area contributed by atoms with Crippen molar-refractivity contribution < 1.29 is 13.2 Å². The highest BCUT2D eigenvalue weighted by Gasteiger charge is 2.30. The van der Waals surface area contributed by atoms with E-state index in [-0.39, 0.29) is 16.2 Å². The number of sulfonamides is 1. The number of aryl methyl sites for hydroxylation is 1. The van der Waals surface area contributed by atoms with Gasteiger partial charge in [0.2, 0.25) is 5.91 Å². The zero-order chi connectivity index (χ0) is 21.1. The van der Waals surface area contributed by atoms with Gasteiger partial charge < -0.3 is 5.32 Å². The van der Waals surface area contributed by atoms with E-state index in [9.17, 15) is 13.2 Å². The molecule has 2 aromatic carbocycles. The molecule has 1 heterocycles. The molecule has 0 unspecified atom stereocenters. The van der Waals surface area contributed by atoms with Crippen LogP contribution in [0.4, 0.5) is 0 Å². The van der Waals surface area contributed by atoms with E-state index in [1.807, 2.05) is 24.3 Å². The molecule has 5 nitrogen and oxygen atoms in total. The molecule has 156 valence electrons. The average Bonchev–Trinajstić information content (AvgIpc) is 3.20. The summed E-state index contributed by atoms with van der Waals surface area (Å²) in [6, 6.07) is 19.1. The van der Waals surface area contributed by atoms with Crippen LogP contribution in [-0.2, 0) is 21.2 Å². The molecular weight excluding hydrogens is 484 g/mol. The van der Waals surface area contributed by atoms with E-state index in [4.69, 9.17) is 0 Å². The minimum atomic E-state index is -3.86. The Balaban J connectivity index is 1.61. The molecule has 0 saturated carbocycles. The summed E-state index contributed by atoms with van der Waals surface area (Å²) in [5.74, 6) is -0.359. The van der Waals surface area contributed by atoms with Gasteiger partial charge in [0.15, 0.2) is 0 Å². The third kappa shape index (κ3) is 4.67. The highest BCUT2D eigenvalue weighted by Crippen LogP contribution is 2.31. The van der Waals surface area contributed by atoms with Gasteiger partial charge in [0.25, 0.3) is 10.0 Å². The van der Waals surface area contributed by atoms with Crippen molar-refractivity contribution in [1.29, 1.82) is 0 Å². The molecule has 0 aliphatic heterocycles. The largest absolute Gasteiger partial charge is 0.348 e. The summed E-state index contributed by atoms with van der Waals surface area (Å²) < 4.78 is 29.3. The number of nitrogens with one attached hydrogen (secondary N) is 2. The lowest BCUT2D eigenvalue weighted by Gasteiger charge is -2.28. The maximum atomic E-state index is 13.3. The predicted molar refractivity (Wildman–Crippen MR) is 122 cm³/mol. The summed E-state index contributed by atoms with van der Waals surface area (Å²) >= 11 is 4.40. The second-order valence-electron chi connectivity index (χ2n) is 7.18. The molecule has 2 atom stereocenters. The van der Waals surface area contributed by atoms with E-state index >= 15 is 0 Å². The van der Waals surface area contributed by atoms with Crippen LogP contribution in [-0.4, -0.2) is 14.3 Å². The first kappa shape index (κ1) is 21.2. The zero-order valence-corrected chi connectivity index (χ0v) is 19.3. The van der Waals surface area contributed by atoms with Crippen molar-refractivity contribution in [2.45, 2.75) is 35.6 Å². The quantitative estimate of drug-likeness (QED) is 0.509. The first-order chi connectivity index (χ1) is 14.4. The Bertz CT molecular complexity index is 1150. The summed E-state index contributed by atoms with van der Waals surface area (Å²) in [7, 11) is -3.86. The Morgan fingerprint density at radius 1 is 1.03 bits per heavy atom. The number of hydrogen-bond donors (Lipinski definition) is 2. The molecule has 30 heavy (non-hydrogen) atoms. The van der Waals surface area contributed by atoms with Gasteiger partial charge in [-0.25, -0.2) is 8.42 Å². The van der Waals surface area contributed by atoms with E-state index in [2.05, 4.69) is 32.0 Å². The van der Waals surface area contributed by atoms with Crippen molar-refractivity contribution in [3.63, 3.8) is 0 Å². The zero-order valence-electron chi connectivity index (χ0n) is 16.0. The first-order valence-electron chi connectivity index (χ1n) is 9.65. The highest BCUT2D eigenvalue weighted by molar-refractivity contribution is 9.11. The van der Waals surface area contributed by atoms with Crippen LogP contribution in [0.1, 0.15) is 41.6 Å². The minimum Gasteiger partial charge on any atom is -0.348 e. The van der Waals surface area contributed by atoms with Crippen molar-refractivity contribution in [2.75, 3.05) is 0 Å². The fourth-order valence-corrected chi connectivity index (χ4v) is 6.94. The summed E-state index contributed by atoms with van der Waals surface area (Å²) in [4.78, 5) is 13.3. The Morgan fingerprint density at radius 2 is 1.77 bits per heavy atom. The Hall–Kier alpha value is -2.00. The predicted octanol–water partition coefficient (Wildman–Crippen LogP) is 4.72. The number of halogens is 1. The summed E-state index contributed by atoms with van der Waals surface area (Å²) in [6.45, 7) is 0. The summed E-state index contributed by atoms with van der Waals surface area (Å²) in [5, 5.41) is 3.08. The van der Waals surface area contributed by atoms with Crippen LogP contribution in [0, 0.1) is 0 Å². The topological polar surface area (TPSA) is 75.3 Å². The molecule has 0 spiro atoms. The summed E-state index contributed by atoms with van der Waals surface area (Å²) in [5.41, 5.74) is 2.93. The van der Waals surface area contributed by atoms with E-state index < -0.39 is 16.1 Å². The van der Waals surface area contributed by atoms with Gasteiger partial charge in [0, 0.05) is 0 Å². The van der Waals surface area contributed by atoms with Gasteiger partial charge in [-0.1, -0.05) is 54.6 Å². The Labute approximate surface area is 188 Å². The van der Waals surface area contributed by atoms with Crippen LogP contribution in [0.25, 0.3) is 0 Å². The van der Waals surface area contributed by atoms with Gasteiger partial charge in [-0.3, -0.25) is 4.79 Å². The third-order valence-electron chi connectivity index (χ3n) is 5.17. The lowest BCUT2D eigenvalue weighted by molar-refractivity contribution is -0.123. The molecule has 1 aromatic heterocycles. The number of fused-ring (bicyclic) bond motifs is 1. The van der Waals surface area contributed by atoms with Crippen molar-refractivity contribution >= 4 is 43.2 Å². The average molecular weight is 505 g/mol. The van der Waals surface area contributed by atoms with Crippen LogP contribution in [0.5, 0.6) is 0 Å². The highest BCUT2D eigenvalue weighted by atomic mass is 79.9. The van der Waals surface area contributed by atoms with Gasteiger partial charge in [-0.2, -0.15) is 4.72 Å². The molecule has 1 aliphatic carbocycles. The number of amides is 1. The molecule has 4 rings (SSSR count). The monoisotopic (exact) mass is 504 g/mol. The van der Waals surface area contributed by atoms with Crippen LogP contribution in [0.3, 0.4) is 0 Å². The standard InChI is InChI=1S/C22H21BrN2O3S2/c23-19-13-14-20(29-19)30(27,28)25-21(16-8-2-1-3-9-16)22(26)24-18-12-6-10-15-7-4-5-11-17(15)18/h1-5,7-9,11,13-14,18,21,25H,6,10,12H2,(H,24,26)/t18-,21-/m1/s1.